The highest BCUT2D eigenvalue weighted by molar-refractivity contribution is 6.07. The average molecular weight is 586 g/mol. The number of imide groups is 1. The van der Waals surface area contributed by atoms with Gasteiger partial charge in [0.1, 0.15) is 5.75 Å². The van der Waals surface area contributed by atoms with Crippen LogP contribution in [0.2, 0.25) is 0 Å². The number of aryl methyl sites for hydroxylation is 1. The van der Waals surface area contributed by atoms with Crippen molar-refractivity contribution in [3.8, 4) is 5.75 Å². The molecule has 10 heteroatoms. The number of aromatic nitrogens is 2. The first-order chi connectivity index (χ1) is 20.7. The number of urea groups is 1. The fourth-order valence-electron chi connectivity index (χ4n) is 8.06. The minimum Gasteiger partial charge on any atom is -0.496 e. The van der Waals surface area contributed by atoms with Crippen LogP contribution in [0.3, 0.4) is 0 Å². The van der Waals surface area contributed by atoms with Gasteiger partial charge in [0.05, 0.1) is 31.1 Å². The van der Waals surface area contributed by atoms with E-state index in [9.17, 15) is 9.59 Å². The van der Waals surface area contributed by atoms with E-state index in [0.29, 0.717) is 23.8 Å². The molecule has 7 rings (SSSR count). The van der Waals surface area contributed by atoms with Crippen LogP contribution in [0.25, 0.3) is 5.52 Å². The van der Waals surface area contributed by atoms with E-state index in [4.69, 9.17) is 4.74 Å². The van der Waals surface area contributed by atoms with Crippen LogP contribution in [0.5, 0.6) is 5.75 Å². The standard InChI is InChI=1S/C33H43N7O3/c1-23-5-6-26(30(13-23)43-4)20-39-31(41)8-9-38(32(39)42)29-17-34-40-10-7-25(14-28(29)40)19-36-11-12-37(24(2)18-36)27-15-33(16-27)21-35(3)22-33/h5-7,10,13-14,17,24,27H,8-9,11-12,15-16,18-22H2,1-4H3/t24-/m0/s1. The van der Waals surface area contributed by atoms with Gasteiger partial charge in [-0.15, -0.1) is 0 Å². The predicted octanol–water partition coefficient (Wildman–Crippen LogP) is 3.61. The SMILES string of the molecule is COc1cc(C)ccc1CN1C(=O)CCN(c2cnn3ccc(CN4CCN(C5CC6(C5)CN(C)C6)[C@@H](C)C4)cc23)C1=O. The molecule has 5 heterocycles. The number of rotatable bonds is 7. The number of hydrogen-bond acceptors (Lipinski definition) is 7. The van der Waals surface area contributed by atoms with E-state index < -0.39 is 0 Å². The summed E-state index contributed by atoms with van der Waals surface area (Å²) in [4.78, 5) is 37.4. The molecule has 1 aliphatic carbocycles. The minimum absolute atomic E-state index is 0.172. The molecule has 10 nitrogen and oxygen atoms in total. The summed E-state index contributed by atoms with van der Waals surface area (Å²) in [6.07, 6.45) is 6.70. The number of methoxy groups -OCH3 is 1. The number of piperazine rings is 1. The highest BCUT2D eigenvalue weighted by Gasteiger charge is 2.53. The minimum atomic E-state index is -0.324. The number of anilines is 1. The van der Waals surface area contributed by atoms with E-state index in [1.165, 1.54) is 36.4 Å². The van der Waals surface area contributed by atoms with E-state index in [0.717, 1.165) is 54.6 Å². The molecule has 3 aliphatic heterocycles. The van der Waals surface area contributed by atoms with E-state index in [1.54, 1.807) is 18.2 Å². The van der Waals surface area contributed by atoms with Crippen LogP contribution in [0, 0.1) is 12.3 Å². The Bertz CT molecular complexity index is 1540. The topological polar surface area (TPSA) is 76.9 Å². The van der Waals surface area contributed by atoms with Gasteiger partial charge < -0.3 is 9.64 Å². The van der Waals surface area contributed by atoms with Crippen LogP contribution in [-0.4, -0.2) is 107 Å². The van der Waals surface area contributed by atoms with Crippen molar-refractivity contribution >= 4 is 23.1 Å². The maximum absolute atomic E-state index is 13.7. The number of benzene rings is 1. The van der Waals surface area contributed by atoms with E-state index >= 15 is 0 Å². The molecule has 1 spiro atoms. The van der Waals surface area contributed by atoms with Gasteiger partial charge in [0.25, 0.3) is 0 Å². The molecule has 1 saturated carbocycles. The zero-order valence-corrected chi connectivity index (χ0v) is 25.8. The molecule has 0 radical (unpaired) electrons. The fraction of sp³-hybridized carbons (Fsp3) is 0.545. The maximum atomic E-state index is 13.7. The van der Waals surface area contributed by atoms with Crippen LogP contribution < -0.4 is 9.64 Å². The number of likely N-dealkylation sites (tertiary alicyclic amines) is 1. The Morgan fingerprint density at radius 2 is 1.86 bits per heavy atom. The average Bonchev–Trinajstić information content (AvgIpc) is 3.36. The Balaban J connectivity index is 1.03. The van der Waals surface area contributed by atoms with Crippen molar-refractivity contribution in [1.29, 1.82) is 0 Å². The molecule has 3 saturated heterocycles. The number of hydrogen-bond donors (Lipinski definition) is 0. The molecule has 43 heavy (non-hydrogen) atoms. The number of carbonyl (C=O) groups excluding carboxylic acids is 2. The lowest BCUT2D eigenvalue weighted by atomic mass is 9.60. The number of fused-ring (bicyclic) bond motifs is 1. The molecule has 0 unspecified atom stereocenters. The summed E-state index contributed by atoms with van der Waals surface area (Å²) in [6.45, 7) is 11.5. The Morgan fingerprint density at radius 1 is 1.05 bits per heavy atom. The van der Waals surface area contributed by atoms with Gasteiger partial charge >= 0.3 is 6.03 Å². The summed E-state index contributed by atoms with van der Waals surface area (Å²) in [5.74, 6) is 0.502. The zero-order valence-electron chi connectivity index (χ0n) is 25.8. The van der Waals surface area contributed by atoms with Gasteiger partial charge in [0, 0.05) is 76.1 Å². The van der Waals surface area contributed by atoms with Gasteiger partial charge in [-0.05, 0) is 68.5 Å². The Kier molecular flexibility index (Phi) is 7.18. The van der Waals surface area contributed by atoms with Gasteiger partial charge in [-0.3, -0.25) is 24.4 Å². The first-order valence-corrected chi connectivity index (χ1v) is 15.6. The van der Waals surface area contributed by atoms with Crippen molar-refractivity contribution in [3.63, 3.8) is 0 Å². The second kappa shape index (κ2) is 10.9. The Morgan fingerprint density at radius 3 is 2.60 bits per heavy atom. The largest absolute Gasteiger partial charge is 0.496 e. The van der Waals surface area contributed by atoms with Gasteiger partial charge in [0.15, 0.2) is 0 Å². The lowest BCUT2D eigenvalue weighted by Crippen LogP contribution is -2.68. The van der Waals surface area contributed by atoms with Crippen LogP contribution in [0.1, 0.15) is 42.9 Å². The van der Waals surface area contributed by atoms with Gasteiger partial charge in [-0.1, -0.05) is 12.1 Å². The molecule has 1 aromatic carbocycles. The molecule has 2 aromatic heterocycles. The molecule has 1 atom stereocenters. The van der Waals surface area contributed by atoms with Crippen molar-refractivity contribution < 1.29 is 14.3 Å². The molecular formula is C33H43N7O3. The monoisotopic (exact) mass is 585 g/mol. The van der Waals surface area contributed by atoms with Crippen LogP contribution in [0.15, 0.2) is 42.7 Å². The summed E-state index contributed by atoms with van der Waals surface area (Å²) in [5, 5.41) is 4.54. The lowest BCUT2D eigenvalue weighted by Gasteiger charge is -2.62. The van der Waals surface area contributed by atoms with Crippen molar-refractivity contribution in [2.24, 2.45) is 5.41 Å². The quantitative estimate of drug-likeness (QED) is 0.419. The van der Waals surface area contributed by atoms with E-state index in [2.05, 4.69) is 45.9 Å². The summed E-state index contributed by atoms with van der Waals surface area (Å²) >= 11 is 0. The second-order valence-corrected chi connectivity index (χ2v) is 13.4. The third kappa shape index (κ3) is 5.19. The molecule has 0 bridgehead atoms. The van der Waals surface area contributed by atoms with Crippen molar-refractivity contribution in [1.82, 2.24) is 29.2 Å². The number of amides is 3. The predicted molar refractivity (Wildman–Crippen MR) is 165 cm³/mol. The van der Waals surface area contributed by atoms with E-state index in [1.807, 2.05) is 35.8 Å². The Hall–Kier alpha value is -3.47. The summed E-state index contributed by atoms with van der Waals surface area (Å²) < 4.78 is 7.36. The molecule has 228 valence electrons. The number of pyridine rings is 1. The summed E-state index contributed by atoms with van der Waals surface area (Å²) in [6, 6.07) is 11.1. The van der Waals surface area contributed by atoms with Gasteiger partial charge in [-0.2, -0.15) is 5.10 Å². The first-order valence-electron chi connectivity index (χ1n) is 15.6. The summed E-state index contributed by atoms with van der Waals surface area (Å²) in [5.41, 5.74) is 5.30. The number of nitrogens with zero attached hydrogens (tertiary/aromatic N) is 7. The normalized spacial score (nSPS) is 23.7. The highest BCUT2D eigenvalue weighted by Crippen LogP contribution is 2.50. The van der Waals surface area contributed by atoms with Gasteiger partial charge in [0.2, 0.25) is 5.91 Å². The van der Waals surface area contributed by atoms with Crippen molar-refractivity contribution in [3.05, 3.63) is 59.4 Å². The third-order valence-electron chi connectivity index (χ3n) is 10.1. The molecule has 3 amide bonds. The third-order valence-corrected chi connectivity index (χ3v) is 10.1. The fourth-order valence-corrected chi connectivity index (χ4v) is 8.06. The number of ether oxygens (including phenoxy) is 1. The first kappa shape index (κ1) is 28.3. The molecule has 4 fully saturated rings. The smallest absolute Gasteiger partial charge is 0.331 e. The highest BCUT2D eigenvalue weighted by atomic mass is 16.5. The molecular weight excluding hydrogens is 542 g/mol. The summed E-state index contributed by atoms with van der Waals surface area (Å²) in [7, 11) is 3.84. The van der Waals surface area contributed by atoms with Crippen LogP contribution in [-0.2, 0) is 17.9 Å². The van der Waals surface area contributed by atoms with Gasteiger partial charge in [-0.25, -0.2) is 9.31 Å². The zero-order chi connectivity index (χ0) is 29.9. The van der Waals surface area contributed by atoms with Crippen molar-refractivity contribution in [2.45, 2.75) is 58.3 Å². The number of carbonyl (C=O) groups is 2. The molecule has 4 aliphatic rings. The molecule has 0 N–H and O–H groups in total. The van der Waals surface area contributed by atoms with E-state index in [-0.39, 0.29) is 24.9 Å². The second-order valence-electron chi connectivity index (χ2n) is 13.4. The maximum Gasteiger partial charge on any atom is 0.331 e. The molecule has 3 aromatic rings. The lowest BCUT2D eigenvalue weighted by molar-refractivity contribution is -0.129. The van der Waals surface area contributed by atoms with Crippen LogP contribution >= 0.6 is 0 Å². The Labute approximate surface area is 253 Å². The van der Waals surface area contributed by atoms with Crippen LogP contribution in [0.4, 0.5) is 10.5 Å². The van der Waals surface area contributed by atoms with Crippen molar-refractivity contribution in [2.75, 3.05) is 58.3 Å².